The Morgan fingerprint density at radius 1 is 1.12 bits per heavy atom. The van der Waals surface area contributed by atoms with E-state index in [9.17, 15) is 17.6 Å². The van der Waals surface area contributed by atoms with Gasteiger partial charge in [0, 0.05) is 0 Å². The molecule has 0 N–H and O–H groups in total. The molecule has 9 heteroatoms. The molecule has 2 rings (SSSR count). The lowest BCUT2D eigenvalue weighted by molar-refractivity contribution is -0.145. The van der Waals surface area contributed by atoms with Crippen LogP contribution in [0.2, 0.25) is 10.0 Å². The molecule has 26 heavy (non-hydrogen) atoms. The van der Waals surface area contributed by atoms with Crippen molar-refractivity contribution in [3.05, 3.63) is 58.3 Å². The van der Waals surface area contributed by atoms with E-state index in [1.54, 1.807) is 13.8 Å². The van der Waals surface area contributed by atoms with Crippen molar-refractivity contribution in [2.45, 2.75) is 24.8 Å². The van der Waals surface area contributed by atoms with Crippen molar-refractivity contribution in [1.29, 1.82) is 0 Å². The molecule has 0 aliphatic carbocycles. The summed E-state index contributed by atoms with van der Waals surface area (Å²) in [6.45, 7) is 2.72. The Labute approximate surface area is 161 Å². The van der Waals surface area contributed by atoms with E-state index in [-0.39, 0.29) is 20.6 Å². The number of hydrogen-bond acceptors (Lipinski definition) is 4. The number of halogens is 3. The zero-order valence-electron chi connectivity index (χ0n) is 13.9. The van der Waals surface area contributed by atoms with E-state index >= 15 is 0 Å². The predicted octanol–water partition coefficient (Wildman–Crippen LogP) is 4.28. The van der Waals surface area contributed by atoms with Gasteiger partial charge in [0.1, 0.15) is 12.4 Å². The SMILES string of the molecule is CC(C)OC(=O)CN(c1ccc(F)cc1)S(=O)(=O)c1ccc(Cl)c(Cl)c1. The summed E-state index contributed by atoms with van der Waals surface area (Å²) in [5.41, 5.74) is 0.109. The molecule has 0 bridgehead atoms. The summed E-state index contributed by atoms with van der Waals surface area (Å²) in [4.78, 5) is 11.9. The number of hydrogen-bond donors (Lipinski definition) is 0. The van der Waals surface area contributed by atoms with E-state index in [0.29, 0.717) is 0 Å². The van der Waals surface area contributed by atoms with E-state index in [1.807, 2.05) is 0 Å². The van der Waals surface area contributed by atoms with Crippen molar-refractivity contribution in [1.82, 2.24) is 0 Å². The average molecular weight is 420 g/mol. The lowest BCUT2D eigenvalue weighted by Crippen LogP contribution is -2.37. The summed E-state index contributed by atoms with van der Waals surface area (Å²) in [5, 5.41) is 0.245. The maximum absolute atomic E-state index is 13.2. The molecule has 140 valence electrons. The molecule has 0 saturated heterocycles. The van der Waals surface area contributed by atoms with Crippen LogP contribution in [0, 0.1) is 5.82 Å². The maximum Gasteiger partial charge on any atom is 0.327 e. The van der Waals surface area contributed by atoms with Crippen LogP contribution in [0.25, 0.3) is 0 Å². The standard InChI is InChI=1S/C17H16Cl2FNO4S/c1-11(2)25-17(22)10-21(13-5-3-12(20)4-6-13)26(23,24)14-7-8-15(18)16(19)9-14/h3-9,11H,10H2,1-2H3. The van der Waals surface area contributed by atoms with Gasteiger partial charge < -0.3 is 4.74 Å². The van der Waals surface area contributed by atoms with Gasteiger partial charge >= 0.3 is 5.97 Å². The van der Waals surface area contributed by atoms with Crippen LogP contribution >= 0.6 is 23.2 Å². The molecule has 2 aromatic rings. The molecule has 0 atom stereocenters. The quantitative estimate of drug-likeness (QED) is 0.655. The Morgan fingerprint density at radius 2 is 1.73 bits per heavy atom. The molecule has 2 aromatic carbocycles. The van der Waals surface area contributed by atoms with Gasteiger partial charge in [0.15, 0.2) is 0 Å². The number of carbonyl (C=O) groups excluding carboxylic acids is 1. The van der Waals surface area contributed by atoms with E-state index in [2.05, 4.69) is 0 Å². The van der Waals surface area contributed by atoms with Crippen LogP contribution in [-0.4, -0.2) is 27.0 Å². The van der Waals surface area contributed by atoms with E-state index in [4.69, 9.17) is 27.9 Å². The first-order valence-corrected chi connectivity index (χ1v) is 9.73. The average Bonchev–Trinajstić information content (AvgIpc) is 2.55. The van der Waals surface area contributed by atoms with Crippen LogP contribution in [0.1, 0.15) is 13.8 Å². The van der Waals surface area contributed by atoms with Gasteiger partial charge in [-0.2, -0.15) is 0 Å². The second-order valence-corrected chi connectivity index (χ2v) is 8.28. The number of nitrogens with zero attached hydrogens (tertiary/aromatic N) is 1. The normalized spacial score (nSPS) is 11.5. The molecule has 0 aromatic heterocycles. The topological polar surface area (TPSA) is 63.7 Å². The lowest BCUT2D eigenvalue weighted by atomic mass is 10.3. The number of carbonyl (C=O) groups is 1. The number of anilines is 1. The second kappa shape index (κ2) is 8.24. The molecule has 0 heterocycles. The molecular formula is C17H16Cl2FNO4S. The van der Waals surface area contributed by atoms with E-state index in [0.717, 1.165) is 16.4 Å². The highest BCUT2D eigenvalue weighted by molar-refractivity contribution is 7.92. The highest BCUT2D eigenvalue weighted by atomic mass is 35.5. The zero-order valence-corrected chi connectivity index (χ0v) is 16.3. The van der Waals surface area contributed by atoms with Gasteiger partial charge in [-0.05, 0) is 56.3 Å². The Morgan fingerprint density at radius 3 is 2.27 bits per heavy atom. The Hall–Kier alpha value is -1.83. The molecule has 0 aliphatic heterocycles. The fourth-order valence-electron chi connectivity index (χ4n) is 2.10. The predicted molar refractivity (Wildman–Crippen MR) is 98.6 cm³/mol. The van der Waals surface area contributed by atoms with Crippen LogP contribution < -0.4 is 4.31 Å². The van der Waals surface area contributed by atoms with Gasteiger partial charge in [0.25, 0.3) is 10.0 Å². The van der Waals surface area contributed by atoms with Crippen LogP contribution in [-0.2, 0) is 19.6 Å². The van der Waals surface area contributed by atoms with Crippen molar-refractivity contribution in [3.8, 4) is 0 Å². The first-order chi connectivity index (χ1) is 12.1. The third kappa shape index (κ3) is 4.87. The number of rotatable bonds is 6. The van der Waals surface area contributed by atoms with Crippen LogP contribution in [0.15, 0.2) is 47.4 Å². The Kier molecular flexibility index (Phi) is 6.49. The fraction of sp³-hybridized carbons (Fsp3) is 0.235. The summed E-state index contributed by atoms with van der Waals surface area (Å²) in [5.74, 6) is -1.28. The Balaban J connectivity index is 2.48. The lowest BCUT2D eigenvalue weighted by Gasteiger charge is -2.24. The van der Waals surface area contributed by atoms with Gasteiger partial charge in [-0.15, -0.1) is 0 Å². The molecule has 0 amide bonds. The summed E-state index contributed by atoms with van der Waals surface area (Å²) in [7, 11) is -4.17. The third-order valence-electron chi connectivity index (χ3n) is 3.23. The molecular weight excluding hydrogens is 404 g/mol. The number of sulfonamides is 1. The largest absolute Gasteiger partial charge is 0.462 e. The molecule has 0 unspecified atom stereocenters. The highest BCUT2D eigenvalue weighted by Gasteiger charge is 2.28. The van der Waals surface area contributed by atoms with E-state index in [1.165, 1.54) is 30.3 Å². The molecule has 5 nitrogen and oxygen atoms in total. The highest BCUT2D eigenvalue weighted by Crippen LogP contribution is 2.29. The summed E-state index contributed by atoms with van der Waals surface area (Å²) in [6.07, 6.45) is -0.412. The summed E-state index contributed by atoms with van der Waals surface area (Å²) < 4.78 is 45.1. The monoisotopic (exact) mass is 419 g/mol. The molecule has 0 fully saturated rings. The first kappa shape index (κ1) is 20.5. The third-order valence-corrected chi connectivity index (χ3v) is 5.74. The van der Waals surface area contributed by atoms with Crippen molar-refractivity contribution in [3.63, 3.8) is 0 Å². The second-order valence-electron chi connectivity index (χ2n) is 5.60. The minimum atomic E-state index is -4.17. The van der Waals surface area contributed by atoms with Crippen LogP contribution in [0.4, 0.5) is 10.1 Å². The van der Waals surface area contributed by atoms with Crippen molar-refractivity contribution < 1.29 is 22.3 Å². The smallest absolute Gasteiger partial charge is 0.327 e. The summed E-state index contributed by atoms with van der Waals surface area (Å²) in [6, 6.07) is 8.50. The van der Waals surface area contributed by atoms with E-state index < -0.39 is 34.5 Å². The number of ether oxygens (including phenoxy) is 1. The zero-order chi connectivity index (χ0) is 19.5. The van der Waals surface area contributed by atoms with Crippen LogP contribution in [0.3, 0.4) is 0 Å². The first-order valence-electron chi connectivity index (χ1n) is 7.54. The van der Waals surface area contributed by atoms with Gasteiger partial charge in [-0.3, -0.25) is 9.10 Å². The fourth-order valence-corrected chi connectivity index (χ4v) is 3.90. The number of esters is 1. The van der Waals surface area contributed by atoms with Crippen molar-refractivity contribution in [2.24, 2.45) is 0 Å². The van der Waals surface area contributed by atoms with Gasteiger partial charge in [-0.25, -0.2) is 12.8 Å². The molecule has 0 radical (unpaired) electrons. The summed E-state index contributed by atoms with van der Waals surface area (Å²) >= 11 is 11.7. The molecule has 0 aliphatic rings. The minimum absolute atomic E-state index is 0.0524. The molecule has 0 saturated carbocycles. The van der Waals surface area contributed by atoms with Gasteiger partial charge in [0.2, 0.25) is 0 Å². The van der Waals surface area contributed by atoms with Crippen molar-refractivity contribution in [2.75, 3.05) is 10.8 Å². The van der Waals surface area contributed by atoms with Crippen LogP contribution in [0.5, 0.6) is 0 Å². The number of benzene rings is 2. The van der Waals surface area contributed by atoms with Gasteiger partial charge in [-0.1, -0.05) is 23.2 Å². The van der Waals surface area contributed by atoms with Gasteiger partial charge in [0.05, 0.1) is 26.7 Å². The van der Waals surface area contributed by atoms with Crippen molar-refractivity contribution >= 4 is 44.9 Å². The maximum atomic E-state index is 13.2. The minimum Gasteiger partial charge on any atom is -0.462 e. The molecule has 0 spiro atoms. The Bertz CT molecular complexity index is 901.